The molecule has 2 nitrogen and oxygen atoms in total. The maximum absolute atomic E-state index is 13.9. The SMILES string of the molecule is CCCCCCCCCCCOC(=O)/C(C)=C/C(F)CCCCCCC. The van der Waals surface area contributed by atoms with Crippen LogP contribution in [-0.4, -0.2) is 18.7 Å². The Morgan fingerprint density at radius 3 is 1.81 bits per heavy atom. The van der Waals surface area contributed by atoms with Gasteiger partial charge in [0.2, 0.25) is 0 Å². The molecule has 0 saturated heterocycles. The summed E-state index contributed by atoms with van der Waals surface area (Å²) in [5.41, 5.74) is 0.405. The van der Waals surface area contributed by atoms with Gasteiger partial charge in [0, 0.05) is 5.57 Å². The minimum atomic E-state index is -1.03. The minimum absolute atomic E-state index is 0.363. The van der Waals surface area contributed by atoms with Crippen molar-refractivity contribution in [2.75, 3.05) is 6.61 Å². The van der Waals surface area contributed by atoms with Gasteiger partial charge in [-0.25, -0.2) is 9.18 Å². The first-order valence-corrected chi connectivity index (χ1v) is 11.1. The Morgan fingerprint density at radius 1 is 0.808 bits per heavy atom. The fraction of sp³-hybridized carbons (Fsp3) is 0.870. The van der Waals surface area contributed by atoms with E-state index in [1.165, 1.54) is 70.3 Å². The summed E-state index contributed by atoms with van der Waals surface area (Å²) >= 11 is 0. The number of halogens is 1. The average Bonchev–Trinajstić information content (AvgIpc) is 2.62. The van der Waals surface area contributed by atoms with Crippen molar-refractivity contribution in [3.63, 3.8) is 0 Å². The van der Waals surface area contributed by atoms with E-state index in [0.29, 0.717) is 18.6 Å². The Kier molecular flexibility index (Phi) is 18.3. The van der Waals surface area contributed by atoms with Crippen LogP contribution in [0.5, 0.6) is 0 Å². The smallest absolute Gasteiger partial charge is 0.333 e. The maximum Gasteiger partial charge on any atom is 0.333 e. The van der Waals surface area contributed by atoms with Crippen LogP contribution in [0.2, 0.25) is 0 Å². The Morgan fingerprint density at radius 2 is 1.27 bits per heavy atom. The van der Waals surface area contributed by atoms with Gasteiger partial charge in [0.05, 0.1) is 6.61 Å². The van der Waals surface area contributed by atoms with Gasteiger partial charge in [0.1, 0.15) is 6.17 Å². The molecule has 154 valence electrons. The number of unbranched alkanes of at least 4 members (excludes halogenated alkanes) is 12. The molecule has 0 aliphatic heterocycles. The molecule has 3 heteroatoms. The molecule has 0 aromatic heterocycles. The van der Waals surface area contributed by atoms with Gasteiger partial charge in [-0.05, 0) is 25.8 Å². The van der Waals surface area contributed by atoms with Crippen molar-refractivity contribution in [1.82, 2.24) is 0 Å². The van der Waals surface area contributed by atoms with E-state index in [1.807, 2.05) is 0 Å². The molecular formula is C23H43FO2. The topological polar surface area (TPSA) is 26.3 Å². The van der Waals surface area contributed by atoms with Crippen LogP contribution in [-0.2, 0) is 9.53 Å². The maximum atomic E-state index is 13.9. The van der Waals surface area contributed by atoms with Crippen LogP contribution in [0.3, 0.4) is 0 Å². The second-order valence-electron chi connectivity index (χ2n) is 7.53. The molecule has 26 heavy (non-hydrogen) atoms. The van der Waals surface area contributed by atoms with E-state index >= 15 is 0 Å². The van der Waals surface area contributed by atoms with Gasteiger partial charge in [-0.3, -0.25) is 0 Å². The number of carbonyl (C=O) groups excluding carboxylic acids is 1. The van der Waals surface area contributed by atoms with E-state index in [1.54, 1.807) is 6.92 Å². The summed E-state index contributed by atoms with van der Waals surface area (Å²) in [7, 11) is 0. The van der Waals surface area contributed by atoms with Gasteiger partial charge in [-0.1, -0.05) is 97.3 Å². The van der Waals surface area contributed by atoms with E-state index in [0.717, 1.165) is 25.7 Å². The zero-order chi connectivity index (χ0) is 19.5. The third-order valence-electron chi connectivity index (χ3n) is 4.82. The van der Waals surface area contributed by atoms with Crippen molar-refractivity contribution in [1.29, 1.82) is 0 Å². The average molecular weight is 371 g/mol. The van der Waals surface area contributed by atoms with Crippen LogP contribution in [0.25, 0.3) is 0 Å². The normalized spacial score (nSPS) is 13.0. The fourth-order valence-electron chi connectivity index (χ4n) is 3.06. The lowest BCUT2D eigenvalue weighted by atomic mass is 10.1. The molecule has 0 aromatic carbocycles. The summed E-state index contributed by atoms with van der Waals surface area (Å²) < 4.78 is 19.1. The first-order chi connectivity index (χ1) is 12.6. The molecule has 0 N–H and O–H groups in total. The summed E-state index contributed by atoms with van der Waals surface area (Å²) in [5, 5.41) is 0. The molecule has 0 aromatic rings. The number of esters is 1. The number of carbonyl (C=O) groups is 1. The predicted molar refractivity (Wildman–Crippen MR) is 110 cm³/mol. The van der Waals surface area contributed by atoms with Gasteiger partial charge in [-0.15, -0.1) is 0 Å². The van der Waals surface area contributed by atoms with Crippen molar-refractivity contribution in [2.45, 2.75) is 123 Å². The highest BCUT2D eigenvalue weighted by molar-refractivity contribution is 5.87. The fourth-order valence-corrected chi connectivity index (χ4v) is 3.06. The largest absolute Gasteiger partial charge is 0.462 e. The molecule has 0 fully saturated rings. The molecule has 0 saturated carbocycles. The van der Waals surface area contributed by atoms with Crippen LogP contribution >= 0.6 is 0 Å². The summed E-state index contributed by atoms with van der Waals surface area (Å²) in [6, 6.07) is 0. The zero-order valence-corrected chi connectivity index (χ0v) is 17.7. The van der Waals surface area contributed by atoms with Crippen molar-refractivity contribution in [3.05, 3.63) is 11.6 Å². The standard InChI is InChI=1S/C23H43FO2/c1-4-6-8-10-11-12-13-15-17-19-26-23(25)21(3)20-22(24)18-16-14-9-7-5-2/h20,22H,4-19H2,1-3H3/b21-20+. The number of ether oxygens (including phenoxy) is 1. The van der Waals surface area contributed by atoms with E-state index in [2.05, 4.69) is 13.8 Å². The second-order valence-corrected chi connectivity index (χ2v) is 7.53. The van der Waals surface area contributed by atoms with Gasteiger partial charge < -0.3 is 4.74 Å². The van der Waals surface area contributed by atoms with Gasteiger partial charge in [0.15, 0.2) is 0 Å². The summed E-state index contributed by atoms with van der Waals surface area (Å²) in [6.07, 6.45) is 17.6. The summed E-state index contributed by atoms with van der Waals surface area (Å²) in [5.74, 6) is -0.363. The van der Waals surface area contributed by atoms with Gasteiger partial charge in [-0.2, -0.15) is 0 Å². The molecule has 0 bridgehead atoms. The lowest BCUT2D eigenvalue weighted by molar-refractivity contribution is -0.139. The molecule has 0 radical (unpaired) electrons. The number of allylic oxidation sites excluding steroid dienone is 1. The lowest BCUT2D eigenvalue weighted by Crippen LogP contribution is -2.09. The van der Waals surface area contributed by atoms with Crippen molar-refractivity contribution >= 4 is 5.97 Å². The first-order valence-electron chi connectivity index (χ1n) is 11.1. The number of hydrogen-bond acceptors (Lipinski definition) is 2. The number of rotatable bonds is 18. The molecule has 1 unspecified atom stereocenters. The van der Waals surface area contributed by atoms with Crippen LogP contribution in [0.4, 0.5) is 4.39 Å². The highest BCUT2D eigenvalue weighted by atomic mass is 19.1. The van der Waals surface area contributed by atoms with Gasteiger partial charge >= 0.3 is 5.97 Å². The molecular weight excluding hydrogens is 327 g/mol. The van der Waals surface area contributed by atoms with E-state index < -0.39 is 6.17 Å². The monoisotopic (exact) mass is 370 g/mol. The molecule has 0 spiro atoms. The quantitative estimate of drug-likeness (QED) is 0.140. The highest BCUT2D eigenvalue weighted by Gasteiger charge is 2.10. The van der Waals surface area contributed by atoms with Crippen molar-refractivity contribution in [3.8, 4) is 0 Å². The van der Waals surface area contributed by atoms with Crippen molar-refractivity contribution < 1.29 is 13.9 Å². The Balaban J connectivity index is 3.62. The van der Waals surface area contributed by atoms with Crippen LogP contribution in [0, 0.1) is 0 Å². The second kappa shape index (κ2) is 18.9. The van der Waals surface area contributed by atoms with E-state index in [4.69, 9.17) is 4.74 Å². The molecule has 0 amide bonds. The third-order valence-corrected chi connectivity index (χ3v) is 4.82. The third kappa shape index (κ3) is 16.6. The molecule has 0 rings (SSSR count). The van der Waals surface area contributed by atoms with E-state index in [-0.39, 0.29) is 5.97 Å². The van der Waals surface area contributed by atoms with Crippen LogP contribution < -0.4 is 0 Å². The summed E-state index contributed by atoms with van der Waals surface area (Å²) in [6.45, 7) is 6.51. The predicted octanol–water partition coefficient (Wildman–Crippen LogP) is 7.71. The first kappa shape index (κ1) is 25.1. The van der Waals surface area contributed by atoms with Gasteiger partial charge in [0.25, 0.3) is 0 Å². The van der Waals surface area contributed by atoms with Crippen LogP contribution in [0.1, 0.15) is 117 Å². The number of alkyl halides is 1. The number of hydrogen-bond donors (Lipinski definition) is 0. The lowest BCUT2D eigenvalue weighted by Gasteiger charge is -2.07. The minimum Gasteiger partial charge on any atom is -0.462 e. The molecule has 0 aliphatic carbocycles. The zero-order valence-electron chi connectivity index (χ0n) is 17.7. The molecule has 0 heterocycles. The van der Waals surface area contributed by atoms with Crippen molar-refractivity contribution in [2.24, 2.45) is 0 Å². The van der Waals surface area contributed by atoms with Crippen LogP contribution in [0.15, 0.2) is 11.6 Å². The molecule has 1 atom stereocenters. The highest BCUT2D eigenvalue weighted by Crippen LogP contribution is 2.13. The Labute approximate surface area is 162 Å². The Bertz CT molecular complexity index is 352. The Hall–Kier alpha value is -0.860. The molecule has 0 aliphatic rings. The van der Waals surface area contributed by atoms with E-state index in [9.17, 15) is 9.18 Å². The summed E-state index contributed by atoms with van der Waals surface area (Å²) in [4.78, 5) is 11.9.